The molecule has 37 heavy (non-hydrogen) atoms. The van der Waals surface area contributed by atoms with Crippen molar-refractivity contribution in [1.82, 2.24) is 14.8 Å². The van der Waals surface area contributed by atoms with E-state index in [-0.39, 0.29) is 17.9 Å². The highest BCUT2D eigenvalue weighted by Crippen LogP contribution is 2.35. The Morgan fingerprint density at radius 1 is 1.14 bits per heavy atom. The quantitative estimate of drug-likeness (QED) is 0.425. The fraction of sp³-hybridized carbons (Fsp3) is 0.444. The van der Waals surface area contributed by atoms with Crippen LogP contribution in [0.5, 0.6) is 0 Å². The first-order valence-corrected chi connectivity index (χ1v) is 12.2. The lowest BCUT2D eigenvalue weighted by Crippen LogP contribution is -2.53. The molecule has 0 aliphatic carbocycles. The van der Waals surface area contributed by atoms with Gasteiger partial charge in [0.2, 0.25) is 0 Å². The molecule has 7 nitrogen and oxygen atoms in total. The molecular weight excluding hydrogens is 485 g/mol. The van der Waals surface area contributed by atoms with Crippen LogP contribution in [-0.2, 0) is 15.7 Å². The molecule has 0 N–H and O–H groups in total. The van der Waals surface area contributed by atoms with Gasteiger partial charge in [0, 0.05) is 50.1 Å². The first-order valence-electron chi connectivity index (χ1n) is 12.2. The summed E-state index contributed by atoms with van der Waals surface area (Å²) in [5.41, 5.74) is 2.27. The first-order chi connectivity index (χ1) is 17.7. The highest BCUT2D eigenvalue weighted by Gasteiger charge is 2.37. The Bertz CT molecular complexity index is 1140. The average Bonchev–Trinajstić information content (AvgIpc) is 2.91. The van der Waals surface area contributed by atoms with Crippen LogP contribution in [0.1, 0.15) is 34.6 Å². The fourth-order valence-electron chi connectivity index (χ4n) is 4.84. The molecule has 2 aliphatic heterocycles. The van der Waals surface area contributed by atoms with E-state index in [1.807, 2.05) is 13.0 Å². The van der Waals surface area contributed by atoms with Crippen LogP contribution in [0.25, 0.3) is 5.70 Å². The zero-order valence-electron chi connectivity index (χ0n) is 21.0. The summed E-state index contributed by atoms with van der Waals surface area (Å²) < 4.78 is 50.4. The molecule has 0 spiro atoms. The van der Waals surface area contributed by atoms with Gasteiger partial charge in [-0.15, -0.1) is 0 Å². The summed E-state index contributed by atoms with van der Waals surface area (Å²) in [5.74, 6) is -0.0471. The van der Waals surface area contributed by atoms with Crippen LogP contribution < -0.4 is 0 Å². The number of rotatable bonds is 4. The predicted molar refractivity (Wildman–Crippen MR) is 134 cm³/mol. The SMILES string of the molecule is C=C(N=C(OC)C1CC(c2ccc(C(F)(F)F)cc2)CN(C(=O)N2CCOCC2)C1)c1cnccc1C. The minimum absolute atomic E-state index is 0.123. The van der Waals surface area contributed by atoms with Crippen LogP contribution in [0.4, 0.5) is 18.0 Å². The Morgan fingerprint density at radius 3 is 2.46 bits per heavy atom. The van der Waals surface area contributed by atoms with Crippen LogP contribution >= 0.6 is 0 Å². The number of urea groups is 1. The molecule has 2 atom stereocenters. The molecule has 1 aromatic heterocycles. The van der Waals surface area contributed by atoms with Crippen LogP contribution in [-0.4, -0.2) is 73.2 Å². The van der Waals surface area contributed by atoms with Crippen molar-refractivity contribution in [2.24, 2.45) is 10.9 Å². The van der Waals surface area contributed by atoms with Gasteiger partial charge in [-0.05, 0) is 42.7 Å². The largest absolute Gasteiger partial charge is 0.484 e. The fourth-order valence-corrected chi connectivity index (χ4v) is 4.84. The van der Waals surface area contributed by atoms with Crippen molar-refractivity contribution in [3.8, 4) is 0 Å². The second-order valence-electron chi connectivity index (χ2n) is 9.33. The molecule has 1 aromatic carbocycles. The molecule has 0 saturated carbocycles. The number of aromatic nitrogens is 1. The lowest BCUT2D eigenvalue weighted by atomic mass is 9.84. The summed E-state index contributed by atoms with van der Waals surface area (Å²) in [4.78, 5) is 25.7. The number of aliphatic imine (C=N–C) groups is 1. The summed E-state index contributed by atoms with van der Waals surface area (Å²) >= 11 is 0. The van der Waals surface area contributed by atoms with Crippen LogP contribution in [0.3, 0.4) is 0 Å². The summed E-state index contributed by atoms with van der Waals surface area (Å²) in [6.07, 6.45) is -0.469. The van der Waals surface area contributed by atoms with Gasteiger partial charge in [0.05, 0.1) is 37.5 Å². The van der Waals surface area contributed by atoms with Crippen molar-refractivity contribution in [3.63, 3.8) is 0 Å². The molecule has 198 valence electrons. The molecule has 2 saturated heterocycles. The number of benzene rings is 1. The lowest BCUT2D eigenvalue weighted by Gasteiger charge is -2.41. The van der Waals surface area contributed by atoms with E-state index >= 15 is 0 Å². The average molecular weight is 517 g/mol. The summed E-state index contributed by atoms with van der Waals surface area (Å²) in [7, 11) is 1.53. The zero-order valence-corrected chi connectivity index (χ0v) is 21.0. The van der Waals surface area contributed by atoms with Gasteiger partial charge in [0.1, 0.15) is 0 Å². The van der Waals surface area contributed by atoms with E-state index in [2.05, 4.69) is 16.6 Å². The second-order valence-corrected chi connectivity index (χ2v) is 9.33. The zero-order chi connectivity index (χ0) is 26.6. The third kappa shape index (κ3) is 6.30. The Balaban J connectivity index is 1.63. The van der Waals surface area contributed by atoms with E-state index in [0.29, 0.717) is 57.4 Å². The number of methoxy groups -OCH3 is 1. The Kier molecular flexibility index (Phi) is 8.16. The van der Waals surface area contributed by atoms with Gasteiger partial charge in [0.15, 0.2) is 5.90 Å². The molecule has 2 aromatic rings. The van der Waals surface area contributed by atoms with Gasteiger partial charge in [-0.25, -0.2) is 9.79 Å². The number of hydrogen-bond acceptors (Lipinski definition) is 5. The number of morpholine rings is 1. The predicted octanol–water partition coefficient (Wildman–Crippen LogP) is 4.98. The molecule has 0 radical (unpaired) electrons. The van der Waals surface area contributed by atoms with E-state index in [1.165, 1.54) is 19.2 Å². The Morgan fingerprint density at radius 2 is 1.84 bits per heavy atom. The van der Waals surface area contributed by atoms with Gasteiger partial charge in [-0.1, -0.05) is 18.7 Å². The minimum Gasteiger partial charge on any atom is -0.484 e. The number of halogens is 3. The number of ether oxygens (including phenoxy) is 2. The standard InChI is InChI=1S/C27H31F3N4O3/c1-18-8-9-31-15-24(18)19(2)32-25(36-3)22-14-21(20-4-6-23(7-5-20)27(28,29)30)16-34(17-22)26(35)33-10-12-37-13-11-33/h4-9,15,21-22H,2,10-14,16-17H2,1,3H3. The molecule has 2 fully saturated rings. The molecule has 2 unspecified atom stereocenters. The van der Waals surface area contributed by atoms with E-state index in [0.717, 1.165) is 28.8 Å². The van der Waals surface area contributed by atoms with E-state index in [9.17, 15) is 18.0 Å². The smallest absolute Gasteiger partial charge is 0.416 e. The van der Waals surface area contributed by atoms with E-state index in [4.69, 9.17) is 9.47 Å². The number of aryl methyl sites for hydroxylation is 1. The van der Waals surface area contributed by atoms with Crippen molar-refractivity contribution in [2.75, 3.05) is 46.5 Å². The summed E-state index contributed by atoms with van der Waals surface area (Å²) in [6.45, 7) is 8.72. The number of likely N-dealkylation sites (tertiary alicyclic amines) is 1. The number of hydrogen-bond donors (Lipinski definition) is 0. The normalized spacial score (nSPS) is 21.1. The van der Waals surface area contributed by atoms with Crippen molar-refractivity contribution < 1.29 is 27.4 Å². The molecule has 2 aliphatic rings. The highest BCUT2D eigenvalue weighted by molar-refractivity contribution is 5.86. The van der Waals surface area contributed by atoms with Crippen LogP contribution in [0.15, 0.2) is 54.3 Å². The maximum absolute atomic E-state index is 13.4. The Labute approximate surface area is 214 Å². The number of piperidine rings is 1. The topological polar surface area (TPSA) is 67.3 Å². The second kappa shape index (κ2) is 11.3. The van der Waals surface area contributed by atoms with Gasteiger partial charge < -0.3 is 19.3 Å². The molecule has 10 heteroatoms. The number of alkyl halides is 3. The van der Waals surface area contributed by atoms with Crippen molar-refractivity contribution in [2.45, 2.75) is 25.4 Å². The van der Waals surface area contributed by atoms with Crippen molar-refractivity contribution in [3.05, 3.63) is 71.6 Å². The number of nitrogens with zero attached hydrogens (tertiary/aromatic N) is 4. The molecule has 2 amide bonds. The monoisotopic (exact) mass is 516 g/mol. The third-order valence-corrected chi connectivity index (χ3v) is 6.87. The highest BCUT2D eigenvalue weighted by atomic mass is 19.4. The summed E-state index contributed by atoms with van der Waals surface area (Å²) in [6, 6.07) is 6.91. The number of carbonyl (C=O) groups is 1. The molecule has 0 bridgehead atoms. The van der Waals surface area contributed by atoms with Gasteiger partial charge >= 0.3 is 12.2 Å². The maximum Gasteiger partial charge on any atom is 0.416 e. The van der Waals surface area contributed by atoms with Crippen LogP contribution in [0.2, 0.25) is 0 Å². The number of pyridine rings is 1. The first kappa shape index (κ1) is 26.7. The van der Waals surface area contributed by atoms with Crippen molar-refractivity contribution in [1.29, 1.82) is 0 Å². The minimum atomic E-state index is -4.41. The molecule has 4 rings (SSSR count). The Hall–Kier alpha value is -3.40. The summed E-state index contributed by atoms with van der Waals surface area (Å²) in [5, 5.41) is 0. The molecular formula is C27H31F3N4O3. The number of carbonyl (C=O) groups excluding carboxylic acids is 1. The van der Waals surface area contributed by atoms with Gasteiger partial charge in [0.25, 0.3) is 0 Å². The van der Waals surface area contributed by atoms with Gasteiger partial charge in [-0.3, -0.25) is 4.98 Å². The molecule has 3 heterocycles. The maximum atomic E-state index is 13.4. The van der Waals surface area contributed by atoms with Crippen LogP contribution in [0, 0.1) is 12.8 Å². The van der Waals surface area contributed by atoms with E-state index < -0.39 is 11.7 Å². The van der Waals surface area contributed by atoms with Crippen molar-refractivity contribution >= 4 is 17.6 Å². The lowest BCUT2D eigenvalue weighted by molar-refractivity contribution is -0.137. The van der Waals surface area contributed by atoms with Gasteiger partial charge in [-0.2, -0.15) is 13.2 Å². The third-order valence-electron chi connectivity index (χ3n) is 6.87. The number of amides is 2. The van der Waals surface area contributed by atoms with E-state index in [1.54, 1.807) is 22.2 Å².